The lowest BCUT2D eigenvalue weighted by Crippen LogP contribution is -2.51. The molecule has 4 rings (SSSR count). The zero-order chi connectivity index (χ0) is 23.9. The molecule has 178 valence electrons. The molecule has 2 amide bonds. The van der Waals surface area contributed by atoms with Gasteiger partial charge in [0.05, 0.1) is 29.9 Å². The smallest absolute Gasteiger partial charge is 0.274 e. The molecule has 1 aliphatic rings. The molecule has 0 radical (unpaired) electrons. The summed E-state index contributed by atoms with van der Waals surface area (Å²) in [6.07, 6.45) is 1.23. The van der Waals surface area contributed by atoms with Gasteiger partial charge in [-0.05, 0) is 30.2 Å². The van der Waals surface area contributed by atoms with E-state index in [-0.39, 0.29) is 30.4 Å². The maximum atomic E-state index is 13.1. The maximum Gasteiger partial charge on any atom is 0.274 e. The molecule has 1 saturated heterocycles. The zero-order valence-corrected chi connectivity index (χ0v) is 19.6. The van der Waals surface area contributed by atoms with Crippen molar-refractivity contribution in [3.8, 4) is 5.75 Å². The molecular formula is C26H30N4O4. The number of nitrogens with zero attached hydrogens (tertiary/aromatic N) is 4. The van der Waals surface area contributed by atoms with Gasteiger partial charge in [-0.2, -0.15) is 0 Å². The molecule has 1 atom stereocenters. The Morgan fingerprint density at radius 3 is 2.62 bits per heavy atom. The minimum Gasteiger partial charge on any atom is -0.484 e. The van der Waals surface area contributed by atoms with Crippen LogP contribution in [0.4, 0.5) is 0 Å². The average Bonchev–Trinajstić information content (AvgIpc) is 2.86. The van der Waals surface area contributed by atoms with Crippen LogP contribution in [-0.4, -0.2) is 77.1 Å². The molecule has 8 heteroatoms. The van der Waals surface area contributed by atoms with Crippen LogP contribution in [0.2, 0.25) is 0 Å². The monoisotopic (exact) mass is 462 g/mol. The average molecular weight is 463 g/mol. The summed E-state index contributed by atoms with van der Waals surface area (Å²) >= 11 is 0. The number of carbonyl (C=O) groups is 2. The number of benzene rings is 2. The normalized spacial score (nSPS) is 16.0. The summed E-state index contributed by atoms with van der Waals surface area (Å²) in [4.78, 5) is 38.4. The highest BCUT2D eigenvalue weighted by atomic mass is 16.5. The van der Waals surface area contributed by atoms with Crippen LogP contribution in [0, 0.1) is 5.92 Å². The molecule has 1 fully saturated rings. The van der Waals surface area contributed by atoms with E-state index < -0.39 is 0 Å². The van der Waals surface area contributed by atoms with Crippen molar-refractivity contribution in [1.29, 1.82) is 0 Å². The number of hydrogen-bond donors (Lipinski definition) is 0. The van der Waals surface area contributed by atoms with E-state index in [0.717, 1.165) is 5.52 Å². The first kappa shape index (κ1) is 23.6. The third-order valence-electron chi connectivity index (χ3n) is 5.56. The van der Waals surface area contributed by atoms with Gasteiger partial charge in [-0.15, -0.1) is 0 Å². The van der Waals surface area contributed by atoms with Gasteiger partial charge in [-0.1, -0.05) is 44.2 Å². The summed E-state index contributed by atoms with van der Waals surface area (Å²) < 4.78 is 11.6. The Bertz CT molecular complexity index is 1120. The number of fused-ring (bicyclic) bond motifs is 1. The highest BCUT2D eigenvalue weighted by Gasteiger charge is 2.29. The summed E-state index contributed by atoms with van der Waals surface area (Å²) in [6, 6.07) is 16.7. The van der Waals surface area contributed by atoms with Crippen LogP contribution in [0.1, 0.15) is 24.3 Å². The molecule has 1 aliphatic heterocycles. The van der Waals surface area contributed by atoms with E-state index in [4.69, 9.17) is 9.47 Å². The van der Waals surface area contributed by atoms with Crippen molar-refractivity contribution in [3.63, 3.8) is 0 Å². The van der Waals surface area contributed by atoms with Gasteiger partial charge in [-0.3, -0.25) is 14.6 Å². The van der Waals surface area contributed by atoms with Crippen LogP contribution in [0.25, 0.3) is 11.0 Å². The van der Waals surface area contributed by atoms with E-state index in [1.54, 1.807) is 9.80 Å². The van der Waals surface area contributed by atoms with E-state index in [0.29, 0.717) is 49.7 Å². The summed E-state index contributed by atoms with van der Waals surface area (Å²) in [5, 5.41) is 0. The second-order valence-corrected chi connectivity index (χ2v) is 8.78. The zero-order valence-electron chi connectivity index (χ0n) is 19.6. The maximum absolute atomic E-state index is 13.1. The molecule has 0 bridgehead atoms. The van der Waals surface area contributed by atoms with Crippen molar-refractivity contribution in [1.82, 2.24) is 19.8 Å². The van der Waals surface area contributed by atoms with Crippen molar-refractivity contribution in [3.05, 3.63) is 66.5 Å². The number of carbonyl (C=O) groups excluding carboxylic acids is 2. The first-order valence-corrected chi connectivity index (χ1v) is 11.6. The molecule has 3 aromatic rings. The first-order chi connectivity index (χ1) is 16.5. The van der Waals surface area contributed by atoms with E-state index in [9.17, 15) is 9.59 Å². The van der Waals surface area contributed by atoms with Gasteiger partial charge in [0.1, 0.15) is 11.4 Å². The largest absolute Gasteiger partial charge is 0.484 e. The first-order valence-electron chi connectivity index (χ1n) is 11.6. The lowest BCUT2D eigenvalue weighted by molar-refractivity contribution is -0.137. The standard InChI is InChI=1S/C26H30N4O4/c1-19(2)15-30(25(31)18-34-20-8-4-3-5-9-20)17-21-16-29(12-13-33-21)26(32)24-14-27-22-10-6-7-11-23(22)28-24/h3-11,14,19,21H,12-13,15-18H2,1-2H3. The minimum absolute atomic E-state index is 0.0429. The van der Waals surface area contributed by atoms with Crippen molar-refractivity contribution < 1.29 is 19.1 Å². The third-order valence-corrected chi connectivity index (χ3v) is 5.56. The van der Waals surface area contributed by atoms with E-state index in [1.165, 1.54) is 6.20 Å². The van der Waals surface area contributed by atoms with E-state index >= 15 is 0 Å². The van der Waals surface area contributed by atoms with Gasteiger partial charge < -0.3 is 19.3 Å². The number of aromatic nitrogens is 2. The van der Waals surface area contributed by atoms with Crippen molar-refractivity contribution in [2.24, 2.45) is 5.92 Å². The molecular weight excluding hydrogens is 432 g/mol. The molecule has 0 aliphatic carbocycles. The predicted octanol–water partition coefficient (Wildman–Crippen LogP) is 3.03. The van der Waals surface area contributed by atoms with Crippen LogP contribution in [0.15, 0.2) is 60.8 Å². The van der Waals surface area contributed by atoms with E-state index in [2.05, 4.69) is 23.8 Å². The molecule has 2 aromatic carbocycles. The summed E-state index contributed by atoms with van der Waals surface area (Å²) in [5.41, 5.74) is 1.75. The van der Waals surface area contributed by atoms with Crippen LogP contribution in [0.5, 0.6) is 5.75 Å². The van der Waals surface area contributed by atoms with Gasteiger partial charge in [0.25, 0.3) is 11.8 Å². The Kier molecular flexibility index (Phi) is 7.69. The SMILES string of the molecule is CC(C)CN(CC1CN(C(=O)c2cnc3ccccc3n2)CCO1)C(=O)COc1ccccc1. The fourth-order valence-electron chi connectivity index (χ4n) is 3.95. The van der Waals surface area contributed by atoms with Crippen LogP contribution in [-0.2, 0) is 9.53 Å². The number of morpholine rings is 1. The quantitative estimate of drug-likeness (QED) is 0.512. The highest BCUT2D eigenvalue weighted by Crippen LogP contribution is 2.15. The molecule has 0 N–H and O–H groups in total. The predicted molar refractivity (Wildman–Crippen MR) is 129 cm³/mol. The van der Waals surface area contributed by atoms with Crippen LogP contribution < -0.4 is 4.74 Å². The fourth-order valence-corrected chi connectivity index (χ4v) is 3.95. The molecule has 8 nitrogen and oxygen atoms in total. The van der Waals surface area contributed by atoms with Gasteiger partial charge in [-0.25, -0.2) is 4.98 Å². The summed E-state index contributed by atoms with van der Waals surface area (Å²) in [6.45, 7) is 6.32. The Hall–Kier alpha value is -3.52. The number of ether oxygens (including phenoxy) is 2. The van der Waals surface area contributed by atoms with Crippen molar-refractivity contribution in [2.75, 3.05) is 39.4 Å². The fraction of sp³-hybridized carbons (Fsp3) is 0.385. The third kappa shape index (κ3) is 6.08. The molecule has 1 unspecified atom stereocenters. The van der Waals surface area contributed by atoms with Gasteiger partial charge in [0.15, 0.2) is 6.61 Å². The highest BCUT2D eigenvalue weighted by molar-refractivity contribution is 5.93. The Labute approximate surface area is 199 Å². The van der Waals surface area contributed by atoms with Gasteiger partial charge in [0.2, 0.25) is 0 Å². The molecule has 2 heterocycles. The second-order valence-electron chi connectivity index (χ2n) is 8.78. The topological polar surface area (TPSA) is 84.9 Å². The number of para-hydroxylation sites is 3. The lowest BCUT2D eigenvalue weighted by atomic mass is 10.1. The Morgan fingerprint density at radius 2 is 1.85 bits per heavy atom. The Balaban J connectivity index is 1.39. The van der Waals surface area contributed by atoms with Gasteiger partial charge >= 0.3 is 0 Å². The number of rotatable bonds is 8. The van der Waals surface area contributed by atoms with Crippen molar-refractivity contribution >= 4 is 22.8 Å². The lowest BCUT2D eigenvalue weighted by Gasteiger charge is -2.36. The van der Waals surface area contributed by atoms with Crippen LogP contribution >= 0.6 is 0 Å². The Morgan fingerprint density at radius 1 is 1.12 bits per heavy atom. The number of hydrogen-bond acceptors (Lipinski definition) is 6. The molecule has 0 saturated carbocycles. The van der Waals surface area contributed by atoms with Crippen LogP contribution in [0.3, 0.4) is 0 Å². The molecule has 1 aromatic heterocycles. The minimum atomic E-state index is -0.287. The summed E-state index contributed by atoms with van der Waals surface area (Å²) in [5.74, 6) is 0.656. The summed E-state index contributed by atoms with van der Waals surface area (Å²) in [7, 11) is 0. The van der Waals surface area contributed by atoms with E-state index in [1.807, 2.05) is 54.6 Å². The van der Waals surface area contributed by atoms with Crippen molar-refractivity contribution in [2.45, 2.75) is 20.0 Å². The number of amides is 2. The molecule has 0 spiro atoms. The molecule has 34 heavy (non-hydrogen) atoms. The second kappa shape index (κ2) is 11.1. The van der Waals surface area contributed by atoms with Gasteiger partial charge in [0, 0.05) is 26.2 Å².